The van der Waals surface area contributed by atoms with E-state index in [9.17, 15) is 14.4 Å². The third-order valence-corrected chi connectivity index (χ3v) is 3.69. The molecule has 0 amide bonds. The highest BCUT2D eigenvalue weighted by atomic mass is 16.7. The number of hydrogen-bond acceptors (Lipinski definition) is 8. The van der Waals surface area contributed by atoms with E-state index in [1.54, 1.807) is 0 Å². The second-order valence-corrected chi connectivity index (χ2v) is 5.61. The lowest BCUT2D eigenvalue weighted by atomic mass is 10.1. The Kier molecular flexibility index (Phi) is 6.16. The summed E-state index contributed by atoms with van der Waals surface area (Å²) < 4.78 is 21.4. The summed E-state index contributed by atoms with van der Waals surface area (Å²) in [7, 11) is 0. The Morgan fingerprint density at radius 2 is 1.33 bits per heavy atom. The average molecular weight is 344 g/mol. The monoisotopic (exact) mass is 344 g/mol. The molecule has 0 aliphatic carbocycles. The number of carbonyl (C=O) groups excluding carboxylic acids is 2. The van der Waals surface area contributed by atoms with Gasteiger partial charge in [0.15, 0.2) is 12.2 Å². The first-order valence-electron chi connectivity index (χ1n) is 7.57. The molecule has 2 saturated heterocycles. The fourth-order valence-electron chi connectivity index (χ4n) is 2.54. The van der Waals surface area contributed by atoms with Crippen LogP contribution in [0.25, 0.3) is 0 Å². The summed E-state index contributed by atoms with van der Waals surface area (Å²) in [5.74, 6) is -2.33. The lowest BCUT2D eigenvalue weighted by molar-refractivity contribution is -0.157. The van der Waals surface area contributed by atoms with Crippen LogP contribution in [0.15, 0.2) is 12.3 Å². The minimum Gasteiger partial charge on any atom is -0.513 e. The van der Waals surface area contributed by atoms with Crippen molar-refractivity contribution < 1.29 is 43.5 Å². The number of aliphatic carboxylic acids is 1. The van der Waals surface area contributed by atoms with E-state index in [0.717, 1.165) is 0 Å². The Labute approximate surface area is 138 Å². The molecule has 9 nitrogen and oxygen atoms in total. The van der Waals surface area contributed by atoms with Crippen LogP contribution in [-0.4, -0.2) is 65.8 Å². The minimum absolute atomic E-state index is 0.00315. The van der Waals surface area contributed by atoms with Crippen LogP contribution in [0.4, 0.5) is 0 Å². The maximum atomic E-state index is 11.7. The van der Waals surface area contributed by atoms with Gasteiger partial charge in [-0.25, -0.2) is 0 Å². The summed E-state index contributed by atoms with van der Waals surface area (Å²) in [5, 5.41) is 17.5. The molecule has 0 aromatic carbocycles. The first-order valence-corrected chi connectivity index (χ1v) is 7.57. The number of carbonyl (C=O) groups is 3. The molecular weight excluding hydrogens is 324 g/mol. The molecule has 2 fully saturated rings. The molecule has 24 heavy (non-hydrogen) atoms. The highest BCUT2D eigenvalue weighted by molar-refractivity contribution is 5.76. The fourth-order valence-corrected chi connectivity index (χ4v) is 2.54. The van der Waals surface area contributed by atoms with Crippen molar-refractivity contribution in [2.24, 2.45) is 0 Å². The third-order valence-electron chi connectivity index (χ3n) is 3.69. The van der Waals surface area contributed by atoms with Crippen LogP contribution in [0, 0.1) is 0 Å². The van der Waals surface area contributed by atoms with Gasteiger partial charge in [-0.15, -0.1) is 0 Å². The van der Waals surface area contributed by atoms with Crippen LogP contribution < -0.4 is 0 Å². The standard InChI is InChI=1S/C15H20O9/c1-8(16)2-4-12(19)23-9-6-21-15-10(7-22-14(9)15)24-13(20)5-3-11(17)18/h9-10,14-16H,1-7H2,(H,17,18)/t9-,10-,14+,15+/m0/s1. The predicted molar refractivity (Wildman–Crippen MR) is 77.1 cm³/mol. The summed E-state index contributed by atoms with van der Waals surface area (Å²) in [6.07, 6.45) is -2.78. The van der Waals surface area contributed by atoms with Gasteiger partial charge in [0.1, 0.15) is 12.2 Å². The van der Waals surface area contributed by atoms with Gasteiger partial charge in [0.05, 0.1) is 38.2 Å². The zero-order chi connectivity index (χ0) is 17.7. The molecule has 0 aromatic heterocycles. The van der Waals surface area contributed by atoms with Gasteiger partial charge in [-0.05, 0) is 0 Å². The van der Waals surface area contributed by atoms with E-state index in [4.69, 9.17) is 29.2 Å². The Bertz CT molecular complexity index is 469. The van der Waals surface area contributed by atoms with Crippen LogP contribution in [0.1, 0.15) is 25.7 Å². The fraction of sp³-hybridized carbons (Fsp3) is 0.667. The van der Waals surface area contributed by atoms with E-state index in [1.165, 1.54) is 0 Å². The van der Waals surface area contributed by atoms with Gasteiger partial charge in [-0.1, -0.05) is 6.58 Å². The summed E-state index contributed by atoms with van der Waals surface area (Å²) in [6.45, 7) is 3.50. The maximum absolute atomic E-state index is 11.7. The third kappa shape index (κ3) is 4.93. The molecule has 2 heterocycles. The van der Waals surface area contributed by atoms with Crippen molar-refractivity contribution in [1.29, 1.82) is 0 Å². The summed E-state index contributed by atoms with van der Waals surface area (Å²) in [6, 6.07) is 0. The number of aliphatic hydroxyl groups excluding tert-OH is 1. The van der Waals surface area contributed by atoms with Gasteiger partial charge in [-0.2, -0.15) is 0 Å². The molecule has 2 aliphatic heterocycles. The summed E-state index contributed by atoms with van der Waals surface area (Å²) in [5.41, 5.74) is 0. The number of rotatable bonds is 8. The number of allylic oxidation sites excluding steroid dienone is 1. The van der Waals surface area contributed by atoms with Crippen molar-refractivity contribution in [3.8, 4) is 0 Å². The zero-order valence-corrected chi connectivity index (χ0v) is 13.0. The number of carboxylic acids is 1. The second kappa shape index (κ2) is 8.11. The number of carboxylic acid groups (broad SMARTS) is 1. The Morgan fingerprint density at radius 1 is 0.875 bits per heavy atom. The lowest BCUT2D eigenvalue weighted by Crippen LogP contribution is -2.36. The van der Waals surface area contributed by atoms with Crippen molar-refractivity contribution in [2.75, 3.05) is 13.2 Å². The van der Waals surface area contributed by atoms with Gasteiger partial charge in [0.2, 0.25) is 0 Å². The van der Waals surface area contributed by atoms with Crippen molar-refractivity contribution >= 4 is 17.9 Å². The molecule has 134 valence electrons. The van der Waals surface area contributed by atoms with E-state index in [0.29, 0.717) is 0 Å². The molecule has 0 spiro atoms. The lowest BCUT2D eigenvalue weighted by Gasteiger charge is -2.17. The molecule has 0 radical (unpaired) electrons. The molecular formula is C15H20O9. The largest absolute Gasteiger partial charge is 0.513 e. The van der Waals surface area contributed by atoms with Crippen LogP contribution >= 0.6 is 0 Å². The van der Waals surface area contributed by atoms with Crippen molar-refractivity contribution in [1.82, 2.24) is 0 Å². The minimum atomic E-state index is -1.08. The first-order chi connectivity index (χ1) is 11.4. The van der Waals surface area contributed by atoms with Gasteiger partial charge in [-0.3, -0.25) is 14.4 Å². The van der Waals surface area contributed by atoms with Gasteiger partial charge >= 0.3 is 17.9 Å². The summed E-state index contributed by atoms with van der Waals surface area (Å²) >= 11 is 0. The number of aliphatic hydroxyl groups is 1. The molecule has 4 atom stereocenters. The molecule has 0 bridgehead atoms. The number of fused-ring (bicyclic) bond motifs is 1. The van der Waals surface area contributed by atoms with E-state index in [-0.39, 0.29) is 44.7 Å². The quantitative estimate of drug-likeness (QED) is 0.472. The Morgan fingerprint density at radius 3 is 1.75 bits per heavy atom. The second-order valence-electron chi connectivity index (χ2n) is 5.61. The molecule has 0 aromatic rings. The normalized spacial score (nSPS) is 28.2. The molecule has 0 saturated carbocycles. The number of ether oxygens (including phenoxy) is 4. The van der Waals surface area contributed by atoms with Gasteiger partial charge < -0.3 is 29.2 Å². The van der Waals surface area contributed by atoms with E-state index < -0.39 is 42.3 Å². The van der Waals surface area contributed by atoms with Crippen LogP contribution in [0.3, 0.4) is 0 Å². The predicted octanol–water partition coefficient (Wildman–Crippen LogP) is 0.324. The molecule has 2 rings (SSSR count). The number of hydrogen-bond donors (Lipinski definition) is 2. The molecule has 2 aliphatic rings. The Balaban J connectivity index is 1.78. The zero-order valence-electron chi connectivity index (χ0n) is 13.0. The van der Waals surface area contributed by atoms with E-state index in [2.05, 4.69) is 6.58 Å². The highest BCUT2D eigenvalue weighted by Crippen LogP contribution is 2.31. The van der Waals surface area contributed by atoms with E-state index >= 15 is 0 Å². The molecule has 0 unspecified atom stereocenters. The first kappa shape index (κ1) is 18.2. The topological polar surface area (TPSA) is 129 Å². The van der Waals surface area contributed by atoms with Gasteiger partial charge in [0, 0.05) is 6.42 Å². The van der Waals surface area contributed by atoms with E-state index in [1.807, 2.05) is 0 Å². The molecule has 2 N–H and O–H groups in total. The van der Waals surface area contributed by atoms with Crippen molar-refractivity contribution in [3.05, 3.63) is 12.3 Å². The van der Waals surface area contributed by atoms with Crippen molar-refractivity contribution in [3.63, 3.8) is 0 Å². The number of esters is 2. The SMILES string of the molecule is C=C(O)CCC(=O)O[C@H]1CO[C@H]2[C@@H]1OC[C@@H]2OC(=O)CCC(=O)O. The van der Waals surface area contributed by atoms with Crippen LogP contribution in [-0.2, 0) is 33.3 Å². The molecule has 9 heteroatoms. The highest BCUT2D eigenvalue weighted by Gasteiger charge is 2.51. The van der Waals surface area contributed by atoms with Crippen molar-refractivity contribution in [2.45, 2.75) is 50.1 Å². The maximum Gasteiger partial charge on any atom is 0.306 e. The van der Waals surface area contributed by atoms with Crippen LogP contribution in [0.5, 0.6) is 0 Å². The summed E-state index contributed by atoms with van der Waals surface area (Å²) in [4.78, 5) is 33.7. The average Bonchev–Trinajstić information content (AvgIpc) is 3.07. The Hall–Kier alpha value is -2.13. The van der Waals surface area contributed by atoms with Gasteiger partial charge in [0.25, 0.3) is 0 Å². The smallest absolute Gasteiger partial charge is 0.306 e. The van der Waals surface area contributed by atoms with Crippen LogP contribution in [0.2, 0.25) is 0 Å².